The summed E-state index contributed by atoms with van der Waals surface area (Å²) < 4.78 is 13.6. The monoisotopic (exact) mass is 312 g/mol. The Morgan fingerprint density at radius 3 is 2.81 bits per heavy atom. The van der Waals surface area contributed by atoms with Crippen molar-refractivity contribution in [2.24, 2.45) is 5.92 Å². The van der Waals surface area contributed by atoms with Crippen molar-refractivity contribution in [1.29, 1.82) is 0 Å². The van der Waals surface area contributed by atoms with Gasteiger partial charge in [-0.3, -0.25) is 19.7 Å². The molecule has 1 atom stereocenters. The molecule has 112 valence electrons. The number of halogens is 2. The Morgan fingerprint density at radius 2 is 2.19 bits per heavy atom. The lowest BCUT2D eigenvalue weighted by Crippen LogP contribution is -2.30. The van der Waals surface area contributed by atoms with Crippen molar-refractivity contribution >= 4 is 29.3 Å². The fourth-order valence-corrected chi connectivity index (χ4v) is 2.34. The van der Waals surface area contributed by atoms with E-state index in [0.29, 0.717) is 10.6 Å². The van der Waals surface area contributed by atoms with Crippen LogP contribution in [-0.2, 0) is 20.9 Å². The van der Waals surface area contributed by atoms with Gasteiger partial charge >= 0.3 is 0 Å². The molecule has 0 aliphatic carbocycles. The van der Waals surface area contributed by atoms with Crippen LogP contribution in [0.2, 0.25) is 5.02 Å². The maximum absolute atomic E-state index is 13.6. The van der Waals surface area contributed by atoms with Crippen LogP contribution in [0.3, 0.4) is 0 Å². The topological polar surface area (TPSA) is 66.5 Å². The molecule has 1 saturated heterocycles. The quantitative estimate of drug-likeness (QED) is 0.857. The fourth-order valence-electron chi connectivity index (χ4n) is 2.15. The van der Waals surface area contributed by atoms with Crippen molar-refractivity contribution < 1.29 is 18.8 Å². The van der Waals surface area contributed by atoms with Crippen LogP contribution in [0.15, 0.2) is 18.2 Å². The average molecular weight is 313 g/mol. The van der Waals surface area contributed by atoms with Crippen LogP contribution in [0, 0.1) is 11.7 Å². The SMILES string of the molecule is CN(Cc1cc(Cl)ccc1F)C(=O)CC1CC(=O)NC1=O. The van der Waals surface area contributed by atoms with Crippen LogP contribution in [-0.4, -0.2) is 29.7 Å². The second kappa shape index (κ2) is 6.22. The first-order valence-corrected chi connectivity index (χ1v) is 6.76. The van der Waals surface area contributed by atoms with Gasteiger partial charge in [-0.1, -0.05) is 11.6 Å². The van der Waals surface area contributed by atoms with E-state index in [-0.39, 0.29) is 31.2 Å². The van der Waals surface area contributed by atoms with E-state index in [2.05, 4.69) is 5.32 Å². The van der Waals surface area contributed by atoms with Crippen LogP contribution in [0.4, 0.5) is 4.39 Å². The molecule has 0 saturated carbocycles. The second-order valence-electron chi connectivity index (χ2n) is 5.00. The molecule has 0 spiro atoms. The van der Waals surface area contributed by atoms with E-state index in [1.54, 1.807) is 0 Å². The van der Waals surface area contributed by atoms with Crippen molar-refractivity contribution in [1.82, 2.24) is 10.2 Å². The number of carbonyl (C=O) groups is 3. The summed E-state index contributed by atoms with van der Waals surface area (Å²) in [6.07, 6.45) is -0.0554. The number of imide groups is 1. The normalized spacial score (nSPS) is 17.8. The highest BCUT2D eigenvalue weighted by Gasteiger charge is 2.32. The van der Waals surface area contributed by atoms with Gasteiger partial charge in [0.05, 0.1) is 5.92 Å². The summed E-state index contributed by atoms with van der Waals surface area (Å²) in [4.78, 5) is 35.8. The first kappa shape index (κ1) is 15.4. The highest BCUT2D eigenvalue weighted by molar-refractivity contribution is 6.30. The Kier molecular flexibility index (Phi) is 4.57. The summed E-state index contributed by atoms with van der Waals surface area (Å²) in [6.45, 7) is 0.0491. The lowest BCUT2D eigenvalue weighted by atomic mass is 10.0. The molecule has 1 aromatic rings. The summed E-state index contributed by atoms with van der Waals surface area (Å²) in [5, 5.41) is 2.53. The third kappa shape index (κ3) is 3.78. The van der Waals surface area contributed by atoms with E-state index in [0.717, 1.165) is 0 Å². The van der Waals surface area contributed by atoms with Crippen molar-refractivity contribution in [3.05, 3.63) is 34.6 Å². The Labute approximate surface area is 126 Å². The number of nitrogens with zero attached hydrogens (tertiary/aromatic N) is 1. The van der Waals surface area contributed by atoms with Gasteiger partial charge < -0.3 is 4.90 Å². The molecule has 5 nitrogen and oxygen atoms in total. The molecular weight excluding hydrogens is 299 g/mol. The molecule has 1 heterocycles. The van der Waals surface area contributed by atoms with Crippen molar-refractivity contribution in [3.8, 4) is 0 Å². The minimum Gasteiger partial charge on any atom is -0.341 e. The summed E-state index contributed by atoms with van der Waals surface area (Å²) in [5.74, 6) is -2.23. The first-order chi connectivity index (χ1) is 9.86. The molecule has 3 amide bonds. The zero-order chi connectivity index (χ0) is 15.6. The summed E-state index contributed by atoms with van der Waals surface area (Å²) >= 11 is 5.79. The molecule has 1 aromatic carbocycles. The molecule has 7 heteroatoms. The van der Waals surface area contributed by atoms with E-state index in [9.17, 15) is 18.8 Å². The van der Waals surface area contributed by atoms with Crippen LogP contribution in [0.5, 0.6) is 0 Å². The predicted octanol–water partition coefficient (Wildman–Crippen LogP) is 1.49. The Balaban J connectivity index is 1.98. The van der Waals surface area contributed by atoms with Gasteiger partial charge in [-0.05, 0) is 18.2 Å². The zero-order valence-corrected chi connectivity index (χ0v) is 12.1. The van der Waals surface area contributed by atoms with Crippen LogP contribution in [0.1, 0.15) is 18.4 Å². The number of nitrogens with one attached hydrogen (secondary N) is 1. The Bertz CT molecular complexity index is 606. The van der Waals surface area contributed by atoms with Crippen LogP contribution in [0.25, 0.3) is 0 Å². The lowest BCUT2D eigenvalue weighted by molar-refractivity contribution is -0.134. The number of carbonyl (C=O) groups excluding carboxylic acids is 3. The first-order valence-electron chi connectivity index (χ1n) is 6.38. The maximum atomic E-state index is 13.6. The minimum atomic E-state index is -0.642. The van der Waals surface area contributed by atoms with Gasteiger partial charge in [0.1, 0.15) is 5.82 Å². The van der Waals surface area contributed by atoms with Gasteiger partial charge in [0.2, 0.25) is 17.7 Å². The zero-order valence-electron chi connectivity index (χ0n) is 11.4. The molecule has 21 heavy (non-hydrogen) atoms. The summed E-state index contributed by atoms with van der Waals surface area (Å²) in [7, 11) is 1.51. The van der Waals surface area contributed by atoms with Gasteiger partial charge in [-0.2, -0.15) is 0 Å². The fraction of sp³-hybridized carbons (Fsp3) is 0.357. The smallest absolute Gasteiger partial charge is 0.230 e. The molecule has 1 fully saturated rings. The molecule has 1 unspecified atom stereocenters. The average Bonchev–Trinajstić information content (AvgIpc) is 2.72. The van der Waals surface area contributed by atoms with Gasteiger partial charge in [-0.15, -0.1) is 0 Å². The number of benzene rings is 1. The predicted molar refractivity (Wildman–Crippen MR) is 73.8 cm³/mol. The molecule has 2 rings (SSSR count). The summed E-state index contributed by atoms with van der Waals surface area (Å²) in [5.41, 5.74) is 0.297. The molecule has 1 N–H and O–H groups in total. The van der Waals surface area contributed by atoms with Gasteiger partial charge in [0, 0.05) is 37.0 Å². The molecule has 0 radical (unpaired) electrons. The van der Waals surface area contributed by atoms with Gasteiger partial charge in [-0.25, -0.2) is 4.39 Å². The van der Waals surface area contributed by atoms with Gasteiger partial charge in [0.25, 0.3) is 0 Å². The largest absolute Gasteiger partial charge is 0.341 e. The van der Waals surface area contributed by atoms with Crippen molar-refractivity contribution in [2.75, 3.05) is 7.05 Å². The van der Waals surface area contributed by atoms with Crippen LogP contribution >= 0.6 is 11.6 Å². The molecule has 1 aliphatic heterocycles. The lowest BCUT2D eigenvalue weighted by Gasteiger charge is -2.19. The highest BCUT2D eigenvalue weighted by atomic mass is 35.5. The molecule has 0 bridgehead atoms. The van der Waals surface area contributed by atoms with E-state index >= 15 is 0 Å². The molecule has 1 aliphatic rings. The number of amides is 3. The number of rotatable bonds is 4. The molecular formula is C14H14ClFN2O3. The Morgan fingerprint density at radius 1 is 1.48 bits per heavy atom. The van der Waals surface area contributed by atoms with E-state index < -0.39 is 17.6 Å². The van der Waals surface area contributed by atoms with E-state index in [4.69, 9.17) is 11.6 Å². The Hall–Kier alpha value is -1.95. The van der Waals surface area contributed by atoms with Crippen molar-refractivity contribution in [2.45, 2.75) is 19.4 Å². The second-order valence-corrected chi connectivity index (χ2v) is 5.44. The third-order valence-corrected chi connectivity index (χ3v) is 3.56. The van der Waals surface area contributed by atoms with Gasteiger partial charge in [0.15, 0.2) is 0 Å². The van der Waals surface area contributed by atoms with E-state index in [1.807, 2.05) is 0 Å². The standard InChI is InChI=1S/C14H14ClFN2O3/c1-18(7-9-4-10(15)2-3-11(9)16)13(20)6-8-5-12(19)17-14(8)21/h2-4,8H,5-7H2,1H3,(H,17,19,21). The van der Waals surface area contributed by atoms with Crippen molar-refractivity contribution in [3.63, 3.8) is 0 Å². The van der Waals surface area contributed by atoms with Crippen LogP contribution < -0.4 is 5.32 Å². The maximum Gasteiger partial charge on any atom is 0.230 e. The number of hydrogen-bond acceptors (Lipinski definition) is 3. The number of hydrogen-bond donors (Lipinski definition) is 1. The third-order valence-electron chi connectivity index (χ3n) is 3.33. The summed E-state index contributed by atoms with van der Waals surface area (Å²) in [6, 6.07) is 4.11. The van der Waals surface area contributed by atoms with E-state index in [1.165, 1.54) is 30.1 Å². The highest BCUT2D eigenvalue weighted by Crippen LogP contribution is 2.19. The minimum absolute atomic E-state index is 0.0178. The molecule has 0 aromatic heterocycles.